The molecule has 1 aromatic rings. The molecule has 0 radical (unpaired) electrons. The Morgan fingerprint density at radius 2 is 2.11 bits per heavy atom. The zero-order valence-corrected chi connectivity index (χ0v) is 11.6. The third-order valence-corrected chi connectivity index (χ3v) is 3.32. The van der Waals surface area contributed by atoms with Crippen molar-refractivity contribution in [3.8, 4) is 0 Å². The smallest absolute Gasteiger partial charge is 0.227 e. The molecule has 0 spiro atoms. The fourth-order valence-electron chi connectivity index (χ4n) is 1.93. The van der Waals surface area contributed by atoms with Gasteiger partial charge < -0.3 is 11.1 Å². The lowest BCUT2D eigenvalue weighted by molar-refractivity contribution is -0.120. The molecular formula is C15H24N2O. The molecule has 0 heterocycles. The predicted molar refractivity (Wildman–Crippen MR) is 77.5 cm³/mol. The molecule has 100 valence electrons. The van der Waals surface area contributed by atoms with Gasteiger partial charge in [0.25, 0.3) is 0 Å². The number of carbonyl (C=O) groups is 1. The van der Waals surface area contributed by atoms with Crippen LogP contribution in [0.2, 0.25) is 0 Å². The van der Waals surface area contributed by atoms with Gasteiger partial charge in [0.15, 0.2) is 0 Å². The van der Waals surface area contributed by atoms with Crippen molar-refractivity contribution in [3.63, 3.8) is 0 Å². The van der Waals surface area contributed by atoms with Gasteiger partial charge in [0, 0.05) is 17.3 Å². The van der Waals surface area contributed by atoms with Crippen LogP contribution in [0.3, 0.4) is 0 Å². The number of hydrogen-bond acceptors (Lipinski definition) is 2. The minimum atomic E-state index is 0.104. The van der Waals surface area contributed by atoms with Gasteiger partial charge in [-0.2, -0.15) is 0 Å². The summed E-state index contributed by atoms with van der Waals surface area (Å²) in [6.45, 7) is 6.16. The van der Waals surface area contributed by atoms with Crippen LogP contribution in [-0.2, 0) is 4.79 Å². The first-order chi connectivity index (χ1) is 8.58. The largest absolute Gasteiger partial charge is 0.398 e. The van der Waals surface area contributed by atoms with Gasteiger partial charge in [0.2, 0.25) is 5.91 Å². The second kappa shape index (κ2) is 7.04. The predicted octanol–water partition coefficient (Wildman–Crippen LogP) is 3.73. The van der Waals surface area contributed by atoms with E-state index in [1.54, 1.807) is 0 Å². The lowest BCUT2D eigenvalue weighted by Crippen LogP contribution is -2.22. The molecule has 3 heteroatoms. The number of nitrogens with two attached hydrogens (primary N) is 1. The summed E-state index contributed by atoms with van der Waals surface area (Å²) in [5.41, 5.74) is 8.37. The number of unbranched alkanes of at least 4 members (excludes halogenated alkanes) is 1. The number of aryl methyl sites for hydroxylation is 1. The van der Waals surface area contributed by atoms with Gasteiger partial charge in [-0.3, -0.25) is 4.79 Å². The van der Waals surface area contributed by atoms with E-state index < -0.39 is 0 Å². The average molecular weight is 248 g/mol. The van der Waals surface area contributed by atoms with Gasteiger partial charge in [-0.05, 0) is 37.5 Å². The van der Waals surface area contributed by atoms with E-state index in [0.717, 1.165) is 42.6 Å². The molecule has 1 unspecified atom stereocenters. The highest BCUT2D eigenvalue weighted by Gasteiger charge is 2.15. The van der Waals surface area contributed by atoms with Crippen molar-refractivity contribution < 1.29 is 4.79 Å². The third-order valence-electron chi connectivity index (χ3n) is 3.32. The van der Waals surface area contributed by atoms with Crippen molar-refractivity contribution in [1.82, 2.24) is 0 Å². The summed E-state index contributed by atoms with van der Waals surface area (Å²) in [7, 11) is 0. The van der Waals surface area contributed by atoms with Crippen molar-refractivity contribution in [1.29, 1.82) is 0 Å². The lowest BCUT2D eigenvalue weighted by atomic mass is 9.98. The van der Waals surface area contributed by atoms with Crippen molar-refractivity contribution >= 4 is 17.3 Å². The Morgan fingerprint density at radius 3 is 2.67 bits per heavy atom. The maximum Gasteiger partial charge on any atom is 0.227 e. The zero-order valence-electron chi connectivity index (χ0n) is 11.6. The first kappa shape index (κ1) is 14.6. The van der Waals surface area contributed by atoms with Crippen LogP contribution in [0.1, 0.15) is 45.1 Å². The molecule has 0 saturated carbocycles. The molecule has 3 nitrogen and oxygen atoms in total. The number of hydrogen-bond donors (Lipinski definition) is 2. The molecular weight excluding hydrogens is 224 g/mol. The molecule has 18 heavy (non-hydrogen) atoms. The maximum atomic E-state index is 12.1. The monoisotopic (exact) mass is 248 g/mol. The summed E-state index contributed by atoms with van der Waals surface area (Å²) in [5.74, 6) is 0.210. The normalized spacial score (nSPS) is 12.2. The Bertz CT molecular complexity index is 401. The highest BCUT2D eigenvalue weighted by atomic mass is 16.1. The Morgan fingerprint density at radius 1 is 1.39 bits per heavy atom. The quantitative estimate of drug-likeness (QED) is 0.754. The fourth-order valence-corrected chi connectivity index (χ4v) is 1.93. The van der Waals surface area contributed by atoms with Crippen LogP contribution in [0, 0.1) is 12.8 Å². The zero-order chi connectivity index (χ0) is 13.5. The van der Waals surface area contributed by atoms with Gasteiger partial charge >= 0.3 is 0 Å². The van der Waals surface area contributed by atoms with E-state index in [1.165, 1.54) is 0 Å². The number of anilines is 2. The topological polar surface area (TPSA) is 55.1 Å². The van der Waals surface area contributed by atoms with E-state index in [2.05, 4.69) is 19.2 Å². The number of carbonyl (C=O) groups excluding carboxylic acids is 1. The summed E-state index contributed by atoms with van der Waals surface area (Å²) in [6, 6.07) is 5.65. The number of nitrogen functional groups attached to an aromatic ring is 1. The van der Waals surface area contributed by atoms with E-state index in [-0.39, 0.29) is 11.8 Å². The van der Waals surface area contributed by atoms with Crippen LogP contribution in [0.5, 0.6) is 0 Å². The minimum Gasteiger partial charge on any atom is -0.398 e. The Labute approximate surface area is 110 Å². The van der Waals surface area contributed by atoms with E-state index in [4.69, 9.17) is 5.73 Å². The van der Waals surface area contributed by atoms with Crippen LogP contribution >= 0.6 is 0 Å². The summed E-state index contributed by atoms with van der Waals surface area (Å²) in [6.07, 6.45) is 4.07. The Hall–Kier alpha value is -1.51. The van der Waals surface area contributed by atoms with Gasteiger partial charge in [-0.25, -0.2) is 0 Å². The molecule has 1 aromatic carbocycles. The van der Waals surface area contributed by atoms with E-state index in [9.17, 15) is 4.79 Å². The number of rotatable bonds is 6. The average Bonchev–Trinajstić information content (AvgIpc) is 2.35. The Kier molecular flexibility index (Phi) is 5.69. The summed E-state index contributed by atoms with van der Waals surface area (Å²) in [4.78, 5) is 12.1. The number of benzene rings is 1. The molecule has 1 atom stereocenters. The third kappa shape index (κ3) is 4.06. The molecule has 0 aliphatic rings. The highest BCUT2D eigenvalue weighted by molar-refractivity contribution is 5.93. The maximum absolute atomic E-state index is 12.1. The van der Waals surface area contributed by atoms with Crippen LogP contribution in [0.25, 0.3) is 0 Å². The summed E-state index contributed by atoms with van der Waals surface area (Å²) >= 11 is 0. The fraction of sp³-hybridized carbons (Fsp3) is 0.533. The van der Waals surface area contributed by atoms with Gasteiger partial charge in [-0.1, -0.05) is 32.8 Å². The SMILES string of the molecule is CCCCC(CC)C(=O)Nc1ccc(C)c(N)c1. The Balaban J connectivity index is 2.64. The summed E-state index contributed by atoms with van der Waals surface area (Å²) < 4.78 is 0. The van der Waals surface area contributed by atoms with Crippen molar-refractivity contribution in [2.75, 3.05) is 11.1 Å². The second-order valence-corrected chi connectivity index (χ2v) is 4.81. The van der Waals surface area contributed by atoms with E-state index in [1.807, 2.05) is 25.1 Å². The molecule has 0 bridgehead atoms. The van der Waals surface area contributed by atoms with Crippen LogP contribution in [0.15, 0.2) is 18.2 Å². The van der Waals surface area contributed by atoms with Crippen molar-refractivity contribution in [3.05, 3.63) is 23.8 Å². The van der Waals surface area contributed by atoms with E-state index in [0.29, 0.717) is 0 Å². The molecule has 3 N–H and O–H groups in total. The first-order valence-corrected chi connectivity index (χ1v) is 6.75. The molecule has 0 aliphatic carbocycles. The molecule has 1 rings (SSSR count). The number of nitrogens with one attached hydrogen (secondary N) is 1. The van der Waals surface area contributed by atoms with Gasteiger partial charge in [0.1, 0.15) is 0 Å². The van der Waals surface area contributed by atoms with E-state index >= 15 is 0 Å². The highest BCUT2D eigenvalue weighted by Crippen LogP contribution is 2.19. The summed E-state index contributed by atoms with van der Waals surface area (Å²) in [5, 5.41) is 2.95. The molecule has 0 aromatic heterocycles. The molecule has 0 saturated heterocycles. The molecule has 0 fully saturated rings. The minimum absolute atomic E-state index is 0.104. The molecule has 1 amide bonds. The van der Waals surface area contributed by atoms with Crippen molar-refractivity contribution in [2.24, 2.45) is 5.92 Å². The van der Waals surface area contributed by atoms with Gasteiger partial charge in [0.05, 0.1) is 0 Å². The van der Waals surface area contributed by atoms with Crippen LogP contribution in [-0.4, -0.2) is 5.91 Å². The van der Waals surface area contributed by atoms with Crippen molar-refractivity contribution in [2.45, 2.75) is 46.5 Å². The van der Waals surface area contributed by atoms with Crippen LogP contribution < -0.4 is 11.1 Å². The molecule has 0 aliphatic heterocycles. The van der Waals surface area contributed by atoms with Crippen LogP contribution in [0.4, 0.5) is 11.4 Å². The first-order valence-electron chi connectivity index (χ1n) is 6.75. The lowest BCUT2D eigenvalue weighted by Gasteiger charge is -2.15. The van der Waals surface area contributed by atoms with Gasteiger partial charge in [-0.15, -0.1) is 0 Å². The standard InChI is InChI=1S/C15H24N2O/c1-4-6-7-12(5-2)15(18)17-13-9-8-11(3)14(16)10-13/h8-10,12H,4-7,16H2,1-3H3,(H,17,18). The second-order valence-electron chi connectivity index (χ2n) is 4.81. The number of amides is 1.